The molecule has 0 saturated heterocycles. The molecule has 0 unspecified atom stereocenters. The van der Waals surface area contributed by atoms with E-state index in [2.05, 4.69) is 0 Å². The third-order valence-electron chi connectivity index (χ3n) is 4.26. The molecule has 4 nitrogen and oxygen atoms in total. The first kappa shape index (κ1) is 16.5. The van der Waals surface area contributed by atoms with E-state index in [1.807, 2.05) is 36.4 Å². The van der Waals surface area contributed by atoms with Crippen LogP contribution in [0.4, 0.5) is 5.69 Å². The van der Waals surface area contributed by atoms with Gasteiger partial charge in [-0.2, -0.15) is 0 Å². The number of nitrogens with zero attached hydrogens (tertiary/aromatic N) is 2. The quantitative estimate of drug-likeness (QED) is 0.856. The summed E-state index contributed by atoms with van der Waals surface area (Å²) in [5.41, 5.74) is 3.59. The molecule has 0 saturated carbocycles. The smallest absolute Gasteiger partial charge is 0.253 e. The number of rotatable bonds is 3. The zero-order valence-electron chi connectivity index (χ0n) is 13.8. The van der Waals surface area contributed by atoms with E-state index in [0.29, 0.717) is 23.7 Å². The van der Waals surface area contributed by atoms with Crippen molar-refractivity contribution in [2.45, 2.75) is 19.9 Å². The summed E-state index contributed by atoms with van der Waals surface area (Å²) in [6, 6.07) is 13.0. The number of carbonyl (C=O) groups is 2. The van der Waals surface area contributed by atoms with Crippen molar-refractivity contribution in [1.29, 1.82) is 0 Å². The van der Waals surface area contributed by atoms with E-state index >= 15 is 0 Å². The first-order chi connectivity index (χ1) is 11.5. The Kier molecular flexibility index (Phi) is 4.58. The SMILES string of the molecule is CC(=O)N1CCc2cc(C(=O)N(C)Cc3cccc(Cl)c3)ccc21. The van der Waals surface area contributed by atoms with E-state index in [9.17, 15) is 9.59 Å². The minimum Gasteiger partial charge on any atom is -0.337 e. The predicted octanol–water partition coefficient (Wildman–Crippen LogP) is 3.52. The first-order valence-electron chi connectivity index (χ1n) is 7.86. The molecule has 5 heteroatoms. The van der Waals surface area contributed by atoms with E-state index in [1.54, 1.807) is 29.8 Å². The fraction of sp³-hybridized carbons (Fsp3) is 0.263. The number of halogens is 1. The maximum absolute atomic E-state index is 12.7. The van der Waals surface area contributed by atoms with Gasteiger partial charge < -0.3 is 9.80 Å². The first-order valence-corrected chi connectivity index (χ1v) is 8.24. The molecule has 0 fully saturated rings. The van der Waals surface area contributed by atoms with Crippen LogP contribution >= 0.6 is 11.6 Å². The van der Waals surface area contributed by atoms with Crippen molar-refractivity contribution in [2.75, 3.05) is 18.5 Å². The zero-order chi connectivity index (χ0) is 17.3. The summed E-state index contributed by atoms with van der Waals surface area (Å²) in [6.45, 7) is 2.74. The van der Waals surface area contributed by atoms with Gasteiger partial charge in [0.15, 0.2) is 0 Å². The van der Waals surface area contributed by atoms with E-state index < -0.39 is 0 Å². The van der Waals surface area contributed by atoms with Gasteiger partial charge in [-0.1, -0.05) is 23.7 Å². The van der Waals surface area contributed by atoms with Crippen molar-refractivity contribution < 1.29 is 9.59 Å². The van der Waals surface area contributed by atoms with E-state index in [1.165, 1.54) is 0 Å². The number of carbonyl (C=O) groups excluding carboxylic acids is 2. The highest BCUT2D eigenvalue weighted by molar-refractivity contribution is 6.30. The highest BCUT2D eigenvalue weighted by Gasteiger charge is 2.23. The second-order valence-corrected chi connectivity index (χ2v) is 6.49. The molecule has 0 radical (unpaired) electrons. The van der Waals surface area contributed by atoms with Crippen LogP contribution in [0.15, 0.2) is 42.5 Å². The van der Waals surface area contributed by atoms with Crippen LogP contribution in [0.3, 0.4) is 0 Å². The maximum Gasteiger partial charge on any atom is 0.253 e. The Bertz CT molecular complexity index is 804. The summed E-state index contributed by atoms with van der Waals surface area (Å²) < 4.78 is 0. The average molecular weight is 343 g/mol. The van der Waals surface area contributed by atoms with E-state index in [4.69, 9.17) is 11.6 Å². The average Bonchev–Trinajstić information content (AvgIpc) is 2.97. The lowest BCUT2D eigenvalue weighted by Crippen LogP contribution is -2.27. The third kappa shape index (κ3) is 3.29. The van der Waals surface area contributed by atoms with Gasteiger partial charge in [0.25, 0.3) is 5.91 Å². The van der Waals surface area contributed by atoms with Gasteiger partial charge >= 0.3 is 0 Å². The zero-order valence-corrected chi connectivity index (χ0v) is 14.5. The Morgan fingerprint density at radius 1 is 1.21 bits per heavy atom. The Labute approximate surface area is 146 Å². The molecule has 1 heterocycles. The van der Waals surface area contributed by atoms with Crippen molar-refractivity contribution in [3.63, 3.8) is 0 Å². The molecule has 0 bridgehead atoms. The van der Waals surface area contributed by atoms with E-state index in [-0.39, 0.29) is 11.8 Å². The Morgan fingerprint density at radius 3 is 2.71 bits per heavy atom. The summed E-state index contributed by atoms with van der Waals surface area (Å²) in [7, 11) is 1.78. The van der Waals surface area contributed by atoms with Gasteiger partial charge in [0.1, 0.15) is 0 Å². The van der Waals surface area contributed by atoms with Crippen LogP contribution in [-0.4, -0.2) is 30.3 Å². The van der Waals surface area contributed by atoms with Crippen molar-refractivity contribution in [3.05, 3.63) is 64.2 Å². The summed E-state index contributed by atoms with van der Waals surface area (Å²) in [5, 5.41) is 0.662. The molecule has 1 aliphatic rings. The number of anilines is 1. The number of fused-ring (bicyclic) bond motifs is 1. The largest absolute Gasteiger partial charge is 0.337 e. The van der Waals surface area contributed by atoms with Crippen molar-refractivity contribution >= 4 is 29.1 Å². The van der Waals surface area contributed by atoms with Gasteiger partial charge in [-0.05, 0) is 47.9 Å². The number of benzene rings is 2. The normalized spacial score (nSPS) is 12.9. The summed E-state index contributed by atoms with van der Waals surface area (Å²) in [6.07, 6.45) is 0.786. The van der Waals surface area contributed by atoms with Gasteiger partial charge in [0.2, 0.25) is 5.91 Å². The van der Waals surface area contributed by atoms with Gasteiger partial charge in [0.05, 0.1) is 0 Å². The fourth-order valence-corrected chi connectivity index (χ4v) is 3.28. The lowest BCUT2D eigenvalue weighted by molar-refractivity contribution is -0.116. The van der Waals surface area contributed by atoms with Crippen molar-refractivity contribution in [1.82, 2.24) is 4.90 Å². The van der Waals surface area contributed by atoms with Crippen LogP contribution in [0.5, 0.6) is 0 Å². The van der Waals surface area contributed by atoms with Crippen LogP contribution < -0.4 is 4.90 Å². The molecular formula is C19H19ClN2O2. The lowest BCUT2D eigenvalue weighted by atomic mass is 10.1. The molecular weight excluding hydrogens is 324 g/mol. The van der Waals surface area contributed by atoms with Gasteiger partial charge in [0, 0.05) is 43.3 Å². The molecule has 0 spiro atoms. The standard InChI is InChI=1S/C19H19ClN2O2/c1-13(23)22-9-8-15-11-16(6-7-18(15)22)19(24)21(2)12-14-4-3-5-17(20)10-14/h3-7,10-11H,8-9,12H2,1-2H3. The molecule has 1 aliphatic heterocycles. The predicted molar refractivity (Wildman–Crippen MR) is 95.4 cm³/mol. The van der Waals surface area contributed by atoms with Gasteiger partial charge in [-0.3, -0.25) is 9.59 Å². The Morgan fingerprint density at radius 2 is 2.00 bits per heavy atom. The molecule has 2 amide bonds. The van der Waals surface area contributed by atoms with Crippen LogP contribution in [-0.2, 0) is 17.8 Å². The monoisotopic (exact) mass is 342 g/mol. The summed E-state index contributed by atoms with van der Waals surface area (Å²) in [5.74, 6) is -0.00930. The second-order valence-electron chi connectivity index (χ2n) is 6.06. The number of amides is 2. The van der Waals surface area contributed by atoms with Crippen LogP contribution in [0, 0.1) is 0 Å². The highest BCUT2D eigenvalue weighted by Crippen LogP contribution is 2.29. The van der Waals surface area contributed by atoms with Crippen molar-refractivity contribution in [2.24, 2.45) is 0 Å². The molecule has 2 aromatic rings. The molecule has 0 aromatic heterocycles. The molecule has 0 aliphatic carbocycles. The molecule has 2 aromatic carbocycles. The lowest BCUT2D eigenvalue weighted by Gasteiger charge is -2.19. The van der Waals surface area contributed by atoms with Crippen molar-refractivity contribution in [3.8, 4) is 0 Å². The van der Waals surface area contributed by atoms with Crippen LogP contribution in [0.25, 0.3) is 0 Å². The minimum absolute atomic E-state index is 0.0332. The number of hydrogen-bond donors (Lipinski definition) is 0. The highest BCUT2D eigenvalue weighted by atomic mass is 35.5. The Hall–Kier alpha value is -2.33. The molecule has 3 rings (SSSR count). The summed E-state index contributed by atoms with van der Waals surface area (Å²) in [4.78, 5) is 27.7. The molecule has 0 N–H and O–H groups in total. The molecule has 124 valence electrons. The number of hydrogen-bond acceptors (Lipinski definition) is 2. The van der Waals surface area contributed by atoms with Crippen LogP contribution in [0.2, 0.25) is 5.02 Å². The second kappa shape index (κ2) is 6.65. The summed E-state index contributed by atoms with van der Waals surface area (Å²) >= 11 is 5.99. The third-order valence-corrected chi connectivity index (χ3v) is 4.49. The van der Waals surface area contributed by atoms with Gasteiger partial charge in [-0.15, -0.1) is 0 Å². The minimum atomic E-state index is -0.0425. The molecule has 0 atom stereocenters. The fourth-order valence-electron chi connectivity index (χ4n) is 3.06. The van der Waals surface area contributed by atoms with E-state index in [0.717, 1.165) is 23.2 Å². The Balaban J connectivity index is 1.77. The van der Waals surface area contributed by atoms with Crippen LogP contribution in [0.1, 0.15) is 28.4 Å². The van der Waals surface area contributed by atoms with Gasteiger partial charge in [-0.25, -0.2) is 0 Å². The topological polar surface area (TPSA) is 40.6 Å². The molecule has 24 heavy (non-hydrogen) atoms. The maximum atomic E-state index is 12.7.